The molecule has 2 saturated heterocycles. The lowest BCUT2D eigenvalue weighted by Crippen LogP contribution is -2.73. The van der Waals surface area contributed by atoms with E-state index in [0.717, 1.165) is 30.2 Å². The highest BCUT2D eigenvalue weighted by Crippen LogP contribution is 2.33. The Bertz CT molecular complexity index is 892. The van der Waals surface area contributed by atoms with Crippen LogP contribution in [0.5, 0.6) is 0 Å². The van der Waals surface area contributed by atoms with E-state index in [2.05, 4.69) is 10.2 Å². The molecule has 2 heterocycles. The topological polar surface area (TPSA) is 52.7 Å². The molecule has 1 atom stereocenters. The third-order valence-electron chi connectivity index (χ3n) is 6.41. The van der Waals surface area contributed by atoms with Gasteiger partial charge in [-0.3, -0.25) is 14.5 Å². The van der Waals surface area contributed by atoms with Crippen molar-refractivity contribution in [2.24, 2.45) is 0 Å². The Labute approximate surface area is 183 Å². The SMILES string of the molecule is CCN1C(=O)C(Cc2ccccc2)NC(=O)C12CCN(Cc1ccc(Cl)cc1)CC2. The number of nitrogens with zero attached hydrogens (tertiary/aromatic N) is 2. The average Bonchev–Trinajstić information content (AvgIpc) is 2.76. The Morgan fingerprint density at radius 1 is 1.00 bits per heavy atom. The molecule has 0 radical (unpaired) electrons. The fraction of sp³-hybridized carbons (Fsp3) is 0.417. The van der Waals surface area contributed by atoms with Gasteiger partial charge in [0.1, 0.15) is 11.6 Å². The van der Waals surface area contributed by atoms with Crippen LogP contribution >= 0.6 is 11.6 Å². The van der Waals surface area contributed by atoms with Crippen molar-refractivity contribution >= 4 is 23.4 Å². The number of halogens is 1. The van der Waals surface area contributed by atoms with Gasteiger partial charge in [0.25, 0.3) is 0 Å². The maximum Gasteiger partial charge on any atom is 0.246 e. The molecular formula is C24H28ClN3O2. The Balaban J connectivity index is 1.44. The van der Waals surface area contributed by atoms with Crippen molar-refractivity contribution in [2.45, 2.75) is 44.3 Å². The van der Waals surface area contributed by atoms with Gasteiger partial charge < -0.3 is 10.2 Å². The van der Waals surface area contributed by atoms with Crippen LogP contribution in [0.25, 0.3) is 0 Å². The smallest absolute Gasteiger partial charge is 0.246 e. The zero-order valence-electron chi connectivity index (χ0n) is 17.3. The van der Waals surface area contributed by atoms with Gasteiger partial charge >= 0.3 is 0 Å². The van der Waals surface area contributed by atoms with E-state index in [-0.39, 0.29) is 11.8 Å². The predicted octanol–water partition coefficient (Wildman–Crippen LogP) is 3.26. The van der Waals surface area contributed by atoms with Gasteiger partial charge in [-0.15, -0.1) is 0 Å². The van der Waals surface area contributed by atoms with E-state index in [1.54, 1.807) is 0 Å². The molecule has 1 unspecified atom stereocenters. The molecule has 158 valence electrons. The zero-order chi connectivity index (χ0) is 21.1. The highest BCUT2D eigenvalue weighted by molar-refractivity contribution is 6.30. The minimum atomic E-state index is -0.727. The number of carbonyl (C=O) groups excluding carboxylic acids is 2. The summed E-state index contributed by atoms with van der Waals surface area (Å²) >= 11 is 5.98. The molecule has 2 aromatic carbocycles. The molecule has 0 aromatic heterocycles. The van der Waals surface area contributed by atoms with E-state index in [4.69, 9.17) is 11.6 Å². The Hall–Kier alpha value is -2.37. The van der Waals surface area contributed by atoms with E-state index >= 15 is 0 Å². The molecule has 2 amide bonds. The van der Waals surface area contributed by atoms with Gasteiger partial charge in [-0.05, 0) is 43.0 Å². The third-order valence-corrected chi connectivity index (χ3v) is 6.66. The highest BCUT2D eigenvalue weighted by atomic mass is 35.5. The summed E-state index contributed by atoms with van der Waals surface area (Å²) in [5.41, 5.74) is 1.53. The molecule has 2 fully saturated rings. The van der Waals surface area contributed by atoms with Crippen molar-refractivity contribution in [3.63, 3.8) is 0 Å². The normalized spacial score (nSPS) is 21.7. The number of benzene rings is 2. The van der Waals surface area contributed by atoms with E-state index in [0.29, 0.717) is 25.8 Å². The first-order valence-electron chi connectivity index (χ1n) is 10.6. The summed E-state index contributed by atoms with van der Waals surface area (Å²) in [6, 6.07) is 17.3. The fourth-order valence-electron chi connectivity index (χ4n) is 4.75. The van der Waals surface area contributed by atoms with Crippen LogP contribution in [0.15, 0.2) is 54.6 Å². The highest BCUT2D eigenvalue weighted by Gasteiger charge is 2.52. The van der Waals surface area contributed by atoms with Gasteiger partial charge in [-0.25, -0.2) is 0 Å². The lowest BCUT2D eigenvalue weighted by Gasteiger charge is -2.51. The van der Waals surface area contributed by atoms with Crippen molar-refractivity contribution in [1.82, 2.24) is 15.1 Å². The predicted molar refractivity (Wildman–Crippen MR) is 118 cm³/mol. The summed E-state index contributed by atoms with van der Waals surface area (Å²) in [6.45, 7) is 4.91. The van der Waals surface area contributed by atoms with Crippen molar-refractivity contribution in [3.8, 4) is 0 Å². The summed E-state index contributed by atoms with van der Waals surface area (Å²) in [5, 5.41) is 3.78. The summed E-state index contributed by atoms with van der Waals surface area (Å²) < 4.78 is 0. The first-order valence-corrected chi connectivity index (χ1v) is 11.0. The lowest BCUT2D eigenvalue weighted by atomic mass is 9.81. The molecule has 5 nitrogen and oxygen atoms in total. The second-order valence-corrected chi connectivity index (χ2v) is 8.67. The standard InChI is InChI=1S/C24H28ClN3O2/c1-2-28-22(29)21(16-18-6-4-3-5-7-18)26-23(30)24(28)12-14-27(15-13-24)17-19-8-10-20(25)11-9-19/h3-11,21H,2,12-17H2,1H3,(H,26,30). The summed E-state index contributed by atoms with van der Waals surface area (Å²) in [7, 11) is 0. The third kappa shape index (κ3) is 4.09. The molecular weight excluding hydrogens is 398 g/mol. The van der Waals surface area contributed by atoms with E-state index < -0.39 is 11.6 Å². The number of piperazine rings is 1. The molecule has 1 spiro atoms. The minimum Gasteiger partial charge on any atom is -0.342 e. The van der Waals surface area contributed by atoms with Crippen LogP contribution in [-0.4, -0.2) is 52.8 Å². The fourth-order valence-corrected chi connectivity index (χ4v) is 4.87. The number of likely N-dealkylation sites (N-methyl/N-ethyl adjacent to an activating group) is 1. The summed E-state index contributed by atoms with van der Waals surface area (Å²) in [4.78, 5) is 30.7. The summed E-state index contributed by atoms with van der Waals surface area (Å²) in [5.74, 6) is 0.0307. The first-order chi connectivity index (χ1) is 14.5. The quantitative estimate of drug-likeness (QED) is 0.799. The second kappa shape index (κ2) is 8.78. The number of carbonyl (C=O) groups is 2. The van der Waals surface area contributed by atoms with Crippen molar-refractivity contribution in [3.05, 3.63) is 70.7 Å². The summed E-state index contributed by atoms with van der Waals surface area (Å²) in [6.07, 6.45) is 1.84. The number of hydrogen-bond acceptors (Lipinski definition) is 3. The molecule has 30 heavy (non-hydrogen) atoms. The van der Waals surface area contributed by atoms with Crippen LogP contribution in [0.2, 0.25) is 5.02 Å². The van der Waals surface area contributed by atoms with Gasteiger partial charge in [0.15, 0.2) is 0 Å². The number of rotatable bonds is 5. The van der Waals surface area contributed by atoms with Crippen LogP contribution in [-0.2, 0) is 22.6 Å². The van der Waals surface area contributed by atoms with Crippen LogP contribution in [0.3, 0.4) is 0 Å². The van der Waals surface area contributed by atoms with Crippen LogP contribution in [0.4, 0.5) is 0 Å². The largest absolute Gasteiger partial charge is 0.342 e. The van der Waals surface area contributed by atoms with E-state index in [1.165, 1.54) is 5.56 Å². The Morgan fingerprint density at radius 2 is 1.67 bits per heavy atom. The molecule has 0 aliphatic carbocycles. The second-order valence-electron chi connectivity index (χ2n) is 8.23. The average molecular weight is 426 g/mol. The Morgan fingerprint density at radius 3 is 2.30 bits per heavy atom. The van der Waals surface area contributed by atoms with Crippen LogP contribution < -0.4 is 5.32 Å². The monoisotopic (exact) mass is 425 g/mol. The minimum absolute atomic E-state index is 0.00368. The molecule has 2 aliphatic heterocycles. The molecule has 0 bridgehead atoms. The van der Waals surface area contributed by atoms with Gasteiger partial charge in [-0.1, -0.05) is 54.1 Å². The van der Waals surface area contributed by atoms with Crippen molar-refractivity contribution in [1.29, 1.82) is 0 Å². The zero-order valence-corrected chi connectivity index (χ0v) is 18.1. The lowest BCUT2D eigenvalue weighted by molar-refractivity contribution is -0.160. The van der Waals surface area contributed by atoms with Gasteiger partial charge in [-0.2, -0.15) is 0 Å². The van der Waals surface area contributed by atoms with E-state index in [1.807, 2.05) is 66.4 Å². The number of hydrogen-bond donors (Lipinski definition) is 1. The maximum absolute atomic E-state index is 13.3. The molecule has 0 saturated carbocycles. The molecule has 4 rings (SSSR count). The van der Waals surface area contributed by atoms with Gasteiger partial charge in [0.2, 0.25) is 11.8 Å². The number of piperidine rings is 1. The maximum atomic E-state index is 13.3. The molecule has 2 aromatic rings. The van der Waals surface area contributed by atoms with Gasteiger partial charge in [0.05, 0.1) is 0 Å². The molecule has 6 heteroatoms. The van der Waals surface area contributed by atoms with Crippen molar-refractivity contribution in [2.75, 3.05) is 19.6 Å². The van der Waals surface area contributed by atoms with Crippen LogP contribution in [0.1, 0.15) is 30.9 Å². The first kappa shape index (κ1) is 20.9. The van der Waals surface area contributed by atoms with Crippen molar-refractivity contribution < 1.29 is 9.59 Å². The number of likely N-dealkylation sites (tertiary alicyclic amines) is 1. The molecule has 1 N–H and O–H groups in total. The van der Waals surface area contributed by atoms with E-state index in [9.17, 15) is 9.59 Å². The Kier molecular flexibility index (Phi) is 6.11. The van der Waals surface area contributed by atoms with Crippen LogP contribution in [0, 0.1) is 0 Å². The van der Waals surface area contributed by atoms with Gasteiger partial charge in [0, 0.05) is 37.6 Å². The molecule has 2 aliphatic rings. The number of nitrogens with one attached hydrogen (secondary N) is 1. The number of amides is 2.